The van der Waals surface area contributed by atoms with Crippen LogP contribution < -0.4 is 5.73 Å². The molecule has 3 rings (SSSR count). The Balaban J connectivity index is 2.17. The normalized spacial score (nSPS) is 28.7. The predicted octanol–water partition coefficient (Wildman–Crippen LogP) is 2.54. The summed E-state index contributed by atoms with van der Waals surface area (Å²) in [5, 5.41) is 13.1. The Hall–Kier alpha value is -1.38. The van der Waals surface area contributed by atoms with Crippen LogP contribution in [0, 0.1) is 0 Å². The molecule has 3 N–H and O–H groups in total. The first-order chi connectivity index (χ1) is 8.19. The molecule has 0 saturated heterocycles. The van der Waals surface area contributed by atoms with Crippen molar-refractivity contribution in [2.75, 3.05) is 0 Å². The van der Waals surface area contributed by atoms with E-state index < -0.39 is 5.60 Å². The summed E-state index contributed by atoms with van der Waals surface area (Å²) < 4.78 is 0. The Kier molecular flexibility index (Phi) is 2.42. The van der Waals surface area contributed by atoms with E-state index in [2.05, 4.69) is 18.2 Å². The van der Waals surface area contributed by atoms with Crippen LogP contribution in [-0.2, 0) is 5.60 Å². The van der Waals surface area contributed by atoms with Crippen LogP contribution in [0.3, 0.4) is 0 Å². The van der Waals surface area contributed by atoms with Gasteiger partial charge in [-0.05, 0) is 35.6 Å². The lowest BCUT2D eigenvalue weighted by Crippen LogP contribution is -2.25. The fraction of sp³-hybridized carbons (Fsp3) is 0.333. The SMILES string of the molecule is NC1CCC(O)(c2cccc3ccccc23)C1. The lowest BCUT2D eigenvalue weighted by Gasteiger charge is -2.24. The van der Waals surface area contributed by atoms with Crippen LogP contribution in [-0.4, -0.2) is 11.1 Å². The minimum atomic E-state index is -0.736. The molecule has 2 atom stereocenters. The lowest BCUT2D eigenvalue weighted by molar-refractivity contribution is 0.0446. The number of rotatable bonds is 1. The zero-order chi connectivity index (χ0) is 11.9. The van der Waals surface area contributed by atoms with Crippen molar-refractivity contribution in [3.8, 4) is 0 Å². The molecule has 0 spiro atoms. The fourth-order valence-corrected chi connectivity index (χ4v) is 2.94. The molecule has 0 radical (unpaired) electrons. The Labute approximate surface area is 101 Å². The zero-order valence-corrected chi connectivity index (χ0v) is 9.76. The van der Waals surface area contributed by atoms with Gasteiger partial charge in [-0.3, -0.25) is 0 Å². The molecule has 2 heteroatoms. The third-order valence-corrected chi connectivity index (χ3v) is 3.82. The van der Waals surface area contributed by atoms with Crippen LogP contribution in [0.2, 0.25) is 0 Å². The maximum absolute atomic E-state index is 10.8. The smallest absolute Gasteiger partial charge is 0.0917 e. The first kappa shape index (κ1) is 10.8. The molecule has 1 saturated carbocycles. The lowest BCUT2D eigenvalue weighted by atomic mass is 9.88. The molecular formula is C15H17NO. The van der Waals surface area contributed by atoms with E-state index in [0.717, 1.165) is 23.8 Å². The van der Waals surface area contributed by atoms with E-state index in [4.69, 9.17) is 5.73 Å². The molecule has 2 nitrogen and oxygen atoms in total. The predicted molar refractivity (Wildman–Crippen MR) is 69.7 cm³/mol. The number of benzene rings is 2. The van der Waals surface area contributed by atoms with Crippen LogP contribution in [0.15, 0.2) is 42.5 Å². The van der Waals surface area contributed by atoms with Crippen molar-refractivity contribution in [2.45, 2.75) is 30.9 Å². The van der Waals surface area contributed by atoms with Crippen molar-refractivity contribution >= 4 is 10.8 Å². The van der Waals surface area contributed by atoms with E-state index in [1.807, 2.05) is 24.3 Å². The van der Waals surface area contributed by atoms with Crippen molar-refractivity contribution in [1.29, 1.82) is 0 Å². The van der Waals surface area contributed by atoms with Crippen molar-refractivity contribution in [3.63, 3.8) is 0 Å². The van der Waals surface area contributed by atoms with Gasteiger partial charge in [-0.15, -0.1) is 0 Å². The van der Waals surface area contributed by atoms with Gasteiger partial charge in [0, 0.05) is 6.04 Å². The molecule has 1 aliphatic carbocycles. The van der Waals surface area contributed by atoms with Crippen LogP contribution in [0.5, 0.6) is 0 Å². The third-order valence-electron chi connectivity index (χ3n) is 3.82. The van der Waals surface area contributed by atoms with Gasteiger partial charge in [0.1, 0.15) is 0 Å². The van der Waals surface area contributed by atoms with Gasteiger partial charge in [0.25, 0.3) is 0 Å². The third kappa shape index (κ3) is 1.74. The molecule has 0 amide bonds. The van der Waals surface area contributed by atoms with Gasteiger partial charge in [-0.25, -0.2) is 0 Å². The summed E-state index contributed by atoms with van der Waals surface area (Å²) in [6, 6.07) is 14.4. The van der Waals surface area contributed by atoms with E-state index in [1.165, 1.54) is 5.39 Å². The molecule has 0 aliphatic heterocycles. The molecule has 0 heterocycles. The second-order valence-electron chi connectivity index (χ2n) is 5.06. The summed E-state index contributed by atoms with van der Waals surface area (Å²) in [6.07, 6.45) is 2.34. The van der Waals surface area contributed by atoms with Crippen molar-refractivity contribution < 1.29 is 5.11 Å². The summed E-state index contributed by atoms with van der Waals surface area (Å²) in [4.78, 5) is 0. The molecule has 2 unspecified atom stereocenters. The van der Waals surface area contributed by atoms with Crippen molar-refractivity contribution in [3.05, 3.63) is 48.0 Å². The summed E-state index contributed by atoms with van der Waals surface area (Å²) in [7, 11) is 0. The average Bonchev–Trinajstić information content (AvgIpc) is 2.70. The Morgan fingerprint density at radius 2 is 1.88 bits per heavy atom. The van der Waals surface area contributed by atoms with Crippen molar-refractivity contribution in [2.24, 2.45) is 5.73 Å². The second-order valence-corrected chi connectivity index (χ2v) is 5.06. The molecule has 17 heavy (non-hydrogen) atoms. The molecule has 88 valence electrons. The van der Waals surface area contributed by atoms with Gasteiger partial charge in [0.2, 0.25) is 0 Å². The van der Waals surface area contributed by atoms with E-state index in [1.54, 1.807) is 0 Å². The standard InChI is InChI=1S/C15H17NO/c16-12-8-9-15(17,10-12)14-7-3-5-11-4-1-2-6-13(11)14/h1-7,12,17H,8-10,16H2. The minimum Gasteiger partial charge on any atom is -0.385 e. The molecule has 1 fully saturated rings. The van der Waals surface area contributed by atoms with Crippen LogP contribution >= 0.6 is 0 Å². The summed E-state index contributed by atoms with van der Waals surface area (Å²) in [5.74, 6) is 0. The highest BCUT2D eigenvalue weighted by Crippen LogP contribution is 2.40. The van der Waals surface area contributed by atoms with Crippen LogP contribution in [0.4, 0.5) is 0 Å². The van der Waals surface area contributed by atoms with Gasteiger partial charge in [0.15, 0.2) is 0 Å². The average molecular weight is 227 g/mol. The van der Waals surface area contributed by atoms with Gasteiger partial charge >= 0.3 is 0 Å². The molecule has 0 aromatic heterocycles. The molecule has 1 aliphatic rings. The zero-order valence-electron chi connectivity index (χ0n) is 9.76. The quantitative estimate of drug-likeness (QED) is 0.786. The van der Waals surface area contributed by atoms with E-state index >= 15 is 0 Å². The number of hydrogen-bond acceptors (Lipinski definition) is 2. The maximum Gasteiger partial charge on any atom is 0.0917 e. The summed E-state index contributed by atoms with van der Waals surface area (Å²) in [6.45, 7) is 0. The van der Waals surface area contributed by atoms with Gasteiger partial charge in [0.05, 0.1) is 5.60 Å². The van der Waals surface area contributed by atoms with E-state index in [-0.39, 0.29) is 6.04 Å². The van der Waals surface area contributed by atoms with Gasteiger partial charge in [-0.2, -0.15) is 0 Å². The highest BCUT2D eigenvalue weighted by Gasteiger charge is 2.38. The number of fused-ring (bicyclic) bond motifs is 1. The Morgan fingerprint density at radius 3 is 2.65 bits per heavy atom. The first-order valence-corrected chi connectivity index (χ1v) is 6.15. The molecular weight excluding hydrogens is 210 g/mol. The monoisotopic (exact) mass is 227 g/mol. The number of nitrogens with two attached hydrogens (primary N) is 1. The highest BCUT2D eigenvalue weighted by atomic mass is 16.3. The topological polar surface area (TPSA) is 46.2 Å². The highest BCUT2D eigenvalue weighted by molar-refractivity contribution is 5.86. The Morgan fingerprint density at radius 1 is 1.12 bits per heavy atom. The molecule has 0 bridgehead atoms. The van der Waals surface area contributed by atoms with Gasteiger partial charge in [-0.1, -0.05) is 42.5 Å². The summed E-state index contributed by atoms with van der Waals surface area (Å²) in [5.41, 5.74) is 6.23. The molecule has 2 aromatic rings. The van der Waals surface area contributed by atoms with Crippen LogP contribution in [0.25, 0.3) is 10.8 Å². The largest absolute Gasteiger partial charge is 0.385 e. The number of aliphatic hydroxyl groups is 1. The van der Waals surface area contributed by atoms with Crippen LogP contribution in [0.1, 0.15) is 24.8 Å². The summed E-state index contributed by atoms with van der Waals surface area (Å²) >= 11 is 0. The Bertz CT molecular complexity index is 546. The molecule has 2 aromatic carbocycles. The van der Waals surface area contributed by atoms with Crippen molar-refractivity contribution in [1.82, 2.24) is 0 Å². The number of hydrogen-bond donors (Lipinski definition) is 2. The second kappa shape index (κ2) is 3.83. The minimum absolute atomic E-state index is 0.124. The van der Waals surface area contributed by atoms with E-state index in [0.29, 0.717) is 6.42 Å². The van der Waals surface area contributed by atoms with Gasteiger partial charge < -0.3 is 10.8 Å². The first-order valence-electron chi connectivity index (χ1n) is 6.15. The maximum atomic E-state index is 10.8. The van der Waals surface area contributed by atoms with E-state index in [9.17, 15) is 5.11 Å². The fourth-order valence-electron chi connectivity index (χ4n) is 2.94.